The Kier molecular flexibility index (Phi) is 10.3. The van der Waals surface area contributed by atoms with Gasteiger partial charge in [0.1, 0.15) is 5.84 Å². The number of rotatable bonds is 12. The number of β-amino-alcohol motifs (C(OH)–C–C–N with tert-alkyl or cyclic N) is 1. The summed E-state index contributed by atoms with van der Waals surface area (Å²) in [6.45, 7) is 5.02. The number of allylic oxidation sites excluding steroid dienone is 1. The van der Waals surface area contributed by atoms with Crippen LogP contribution in [-0.4, -0.2) is 42.1 Å². The van der Waals surface area contributed by atoms with Crippen molar-refractivity contribution in [2.75, 3.05) is 26.2 Å². The van der Waals surface area contributed by atoms with Gasteiger partial charge in [-0.15, -0.1) is 0 Å². The molecule has 3 heteroatoms. The molecule has 0 saturated carbocycles. The zero-order valence-electron chi connectivity index (χ0n) is 13.2. The number of nitrogens with zero attached hydrogens (tertiary/aromatic N) is 2. The van der Waals surface area contributed by atoms with E-state index in [1.54, 1.807) is 0 Å². The van der Waals surface area contributed by atoms with Crippen molar-refractivity contribution in [1.82, 2.24) is 4.90 Å². The van der Waals surface area contributed by atoms with Crippen LogP contribution in [0, 0.1) is 0 Å². The summed E-state index contributed by atoms with van der Waals surface area (Å²) in [7, 11) is 0. The first-order valence-corrected chi connectivity index (χ1v) is 8.45. The number of hydrogen-bond acceptors (Lipinski definition) is 3. The summed E-state index contributed by atoms with van der Waals surface area (Å²) in [6, 6.07) is 0. The number of unbranched alkanes of at least 4 members (excludes halogenated alkanes) is 8. The Morgan fingerprint density at radius 2 is 1.80 bits per heavy atom. The molecule has 0 fully saturated rings. The number of aliphatic hydroxyl groups excluding tert-OH is 1. The molecule has 1 aliphatic rings. The highest BCUT2D eigenvalue weighted by Gasteiger charge is 2.12. The van der Waals surface area contributed by atoms with Crippen molar-refractivity contribution in [1.29, 1.82) is 0 Å². The summed E-state index contributed by atoms with van der Waals surface area (Å²) in [5.41, 5.74) is 0. The van der Waals surface area contributed by atoms with Gasteiger partial charge in [-0.25, -0.2) is 0 Å². The van der Waals surface area contributed by atoms with Crippen molar-refractivity contribution < 1.29 is 5.11 Å². The molecule has 0 radical (unpaired) electrons. The van der Waals surface area contributed by atoms with E-state index in [4.69, 9.17) is 5.11 Å². The number of aliphatic hydroxyl groups is 1. The second kappa shape index (κ2) is 12.0. The summed E-state index contributed by atoms with van der Waals surface area (Å²) in [6.07, 6.45) is 16.5. The van der Waals surface area contributed by atoms with Crippen LogP contribution in [0.25, 0.3) is 0 Å². The van der Waals surface area contributed by atoms with Gasteiger partial charge in [-0.3, -0.25) is 4.99 Å². The largest absolute Gasteiger partial charge is 0.395 e. The topological polar surface area (TPSA) is 35.8 Å². The van der Waals surface area contributed by atoms with Gasteiger partial charge >= 0.3 is 0 Å². The van der Waals surface area contributed by atoms with Crippen LogP contribution in [0.15, 0.2) is 17.1 Å². The maximum Gasteiger partial charge on any atom is 0.123 e. The van der Waals surface area contributed by atoms with E-state index < -0.39 is 0 Å². The summed E-state index contributed by atoms with van der Waals surface area (Å²) in [5.74, 6) is 1.05. The SMILES string of the molecule is CCCCCCCCCC/C=C/C1=NCCN1CCO. The van der Waals surface area contributed by atoms with Gasteiger partial charge in [0.2, 0.25) is 0 Å². The first kappa shape index (κ1) is 17.2. The quantitative estimate of drug-likeness (QED) is 0.552. The maximum absolute atomic E-state index is 8.97. The van der Waals surface area contributed by atoms with Gasteiger partial charge in [-0.05, 0) is 18.9 Å². The highest BCUT2D eigenvalue weighted by atomic mass is 16.3. The van der Waals surface area contributed by atoms with Gasteiger partial charge in [0.15, 0.2) is 0 Å². The first-order valence-electron chi connectivity index (χ1n) is 8.45. The Morgan fingerprint density at radius 1 is 1.10 bits per heavy atom. The smallest absolute Gasteiger partial charge is 0.123 e. The fraction of sp³-hybridized carbons (Fsp3) is 0.824. The maximum atomic E-state index is 8.97. The average Bonchev–Trinajstić information content (AvgIpc) is 2.89. The van der Waals surface area contributed by atoms with E-state index in [-0.39, 0.29) is 6.61 Å². The highest BCUT2D eigenvalue weighted by molar-refractivity contribution is 5.94. The monoisotopic (exact) mass is 280 g/mol. The van der Waals surface area contributed by atoms with Gasteiger partial charge in [0.25, 0.3) is 0 Å². The Balaban J connectivity index is 1.97. The lowest BCUT2D eigenvalue weighted by atomic mass is 10.1. The molecule has 0 aliphatic carbocycles. The summed E-state index contributed by atoms with van der Waals surface area (Å²) >= 11 is 0. The summed E-state index contributed by atoms with van der Waals surface area (Å²) in [5, 5.41) is 8.97. The first-order chi connectivity index (χ1) is 9.88. The minimum atomic E-state index is 0.213. The lowest BCUT2D eigenvalue weighted by Gasteiger charge is -2.16. The predicted octanol–water partition coefficient (Wildman–Crippen LogP) is 3.78. The molecule has 20 heavy (non-hydrogen) atoms. The lowest BCUT2D eigenvalue weighted by molar-refractivity contribution is 0.257. The van der Waals surface area contributed by atoms with Crippen LogP contribution in [0.1, 0.15) is 64.7 Å². The molecule has 0 aromatic heterocycles. The van der Waals surface area contributed by atoms with Gasteiger partial charge in [-0.1, -0.05) is 57.9 Å². The van der Waals surface area contributed by atoms with Gasteiger partial charge in [-0.2, -0.15) is 0 Å². The molecule has 0 unspecified atom stereocenters. The van der Waals surface area contributed by atoms with Crippen LogP contribution in [0.2, 0.25) is 0 Å². The number of hydrogen-bond donors (Lipinski definition) is 1. The van der Waals surface area contributed by atoms with Crippen molar-refractivity contribution in [3.8, 4) is 0 Å². The van der Waals surface area contributed by atoms with E-state index >= 15 is 0 Å². The molecule has 1 heterocycles. The van der Waals surface area contributed by atoms with Crippen molar-refractivity contribution in [2.24, 2.45) is 4.99 Å². The van der Waals surface area contributed by atoms with E-state index in [9.17, 15) is 0 Å². The Morgan fingerprint density at radius 3 is 2.50 bits per heavy atom. The molecule has 116 valence electrons. The molecular formula is C17H32N2O. The normalized spacial score (nSPS) is 15.3. The second-order valence-corrected chi connectivity index (χ2v) is 5.62. The van der Waals surface area contributed by atoms with E-state index in [0.29, 0.717) is 6.54 Å². The number of aliphatic imine (C=N–C) groups is 1. The lowest BCUT2D eigenvalue weighted by Crippen LogP contribution is -2.29. The third-order valence-corrected chi connectivity index (χ3v) is 3.83. The predicted molar refractivity (Wildman–Crippen MR) is 87.3 cm³/mol. The van der Waals surface area contributed by atoms with Crippen LogP contribution in [0.5, 0.6) is 0 Å². The van der Waals surface area contributed by atoms with E-state index in [1.807, 2.05) is 0 Å². The summed E-state index contributed by atoms with van der Waals surface area (Å²) < 4.78 is 0. The Labute approximate surface area is 124 Å². The summed E-state index contributed by atoms with van der Waals surface area (Å²) in [4.78, 5) is 6.61. The molecule has 0 saturated heterocycles. The Hall–Kier alpha value is -0.830. The zero-order chi connectivity index (χ0) is 14.5. The zero-order valence-corrected chi connectivity index (χ0v) is 13.2. The van der Waals surface area contributed by atoms with E-state index in [0.717, 1.165) is 25.3 Å². The van der Waals surface area contributed by atoms with Gasteiger partial charge in [0.05, 0.1) is 13.2 Å². The average molecular weight is 280 g/mol. The van der Waals surface area contributed by atoms with Gasteiger partial charge in [0, 0.05) is 13.1 Å². The standard InChI is InChI=1S/C17H32N2O/c1-2-3-4-5-6-7-8-9-10-11-12-17-18-13-14-19(17)15-16-20/h11-12,20H,2-10,13-16H2,1H3/b12-11+. The van der Waals surface area contributed by atoms with Crippen molar-refractivity contribution in [2.45, 2.75) is 64.7 Å². The fourth-order valence-corrected chi connectivity index (χ4v) is 2.59. The third-order valence-electron chi connectivity index (χ3n) is 3.83. The van der Waals surface area contributed by atoms with Crippen LogP contribution >= 0.6 is 0 Å². The molecule has 0 aromatic carbocycles. The molecule has 0 atom stereocenters. The van der Waals surface area contributed by atoms with Crippen LogP contribution in [0.3, 0.4) is 0 Å². The van der Waals surface area contributed by atoms with Crippen LogP contribution in [-0.2, 0) is 0 Å². The third kappa shape index (κ3) is 7.68. The van der Waals surface area contributed by atoms with Gasteiger partial charge < -0.3 is 10.0 Å². The highest BCUT2D eigenvalue weighted by Crippen LogP contribution is 2.10. The molecule has 0 aromatic rings. The molecule has 3 nitrogen and oxygen atoms in total. The minimum absolute atomic E-state index is 0.213. The van der Waals surface area contributed by atoms with Crippen molar-refractivity contribution in [3.05, 3.63) is 12.2 Å². The minimum Gasteiger partial charge on any atom is -0.395 e. The number of amidine groups is 1. The molecule has 0 spiro atoms. The molecule has 0 amide bonds. The van der Waals surface area contributed by atoms with Crippen molar-refractivity contribution >= 4 is 5.84 Å². The Bertz CT molecular complexity index is 287. The molecule has 1 N–H and O–H groups in total. The molecule has 0 bridgehead atoms. The molecule has 1 rings (SSSR count). The molecule has 1 aliphatic heterocycles. The molecular weight excluding hydrogens is 248 g/mol. The van der Waals surface area contributed by atoms with Crippen LogP contribution < -0.4 is 0 Å². The van der Waals surface area contributed by atoms with E-state index in [2.05, 4.69) is 29.0 Å². The second-order valence-electron chi connectivity index (χ2n) is 5.62. The van der Waals surface area contributed by atoms with E-state index in [1.165, 1.54) is 51.4 Å². The fourth-order valence-electron chi connectivity index (χ4n) is 2.59. The van der Waals surface area contributed by atoms with Crippen molar-refractivity contribution in [3.63, 3.8) is 0 Å². The van der Waals surface area contributed by atoms with Crippen LogP contribution in [0.4, 0.5) is 0 Å².